The lowest BCUT2D eigenvalue weighted by Crippen LogP contribution is -1.95. The van der Waals surface area contributed by atoms with Gasteiger partial charge in [0.1, 0.15) is 5.65 Å². The maximum absolute atomic E-state index is 11.9. The highest BCUT2D eigenvalue weighted by molar-refractivity contribution is 6.25. The molecular weight excluding hydrogens is 486 g/mol. The largest absolute Gasteiger partial charge is 0.309 e. The van der Waals surface area contributed by atoms with Gasteiger partial charge in [0, 0.05) is 51.9 Å². The number of hydrogen-bond acceptors (Lipinski definition) is 4. The van der Waals surface area contributed by atoms with Crippen molar-refractivity contribution in [2.45, 2.75) is 0 Å². The first kappa shape index (κ1) is 21.5. The fourth-order valence-corrected chi connectivity index (χ4v) is 5.92. The van der Waals surface area contributed by atoms with Crippen molar-refractivity contribution >= 4 is 54.9 Å². The Hall–Kier alpha value is -5.56. The van der Waals surface area contributed by atoms with Crippen molar-refractivity contribution in [1.29, 1.82) is 0 Å². The lowest BCUT2D eigenvalue weighted by molar-refractivity contribution is -0.384. The monoisotopic (exact) mass is 505 g/mol. The summed E-state index contributed by atoms with van der Waals surface area (Å²) in [7, 11) is 0. The molecule has 0 unspecified atom stereocenters. The molecule has 39 heavy (non-hydrogen) atoms. The minimum Gasteiger partial charge on any atom is -0.309 e. The van der Waals surface area contributed by atoms with Gasteiger partial charge in [-0.1, -0.05) is 36.4 Å². The van der Waals surface area contributed by atoms with Gasteiger partial charge in [0.25, 0.3) is 5.69 Å². The van der Waals surface area contributed by atoms with Gasteiger partial charge in [0.2, 0.25) is 0 Å². The van der Waals surface area contributed by atoms with Crippen LogP contribution in [0.15, 0.2) is 116 Å². The molecule has 8 rings (SSSR count). The Morgan fingerprint density at radius 1 is 0.718 bits per heavy atom. The first-order valence-electron chi connectivity index (χ1n) is 12.6. The zero-order valence-corrected chi connectivity index (χ0v) is 20.5. The van der Waals surface area contributed by atoms with E-state index in [-0.39, 0.29) is 10.6 Å². The smallest absolute Gasteiger partial charge is 0.277 e. The van der Waals surface area contributed by atoms with Gasteiger partial charge in [-0.15, -0.1) is 0 Å². The predicted molar refractivity (Wildman–Crippen MR) is 154 cm³/mol. The molecule has 0 bridgehead atoms. The molecule has 7 heteroatoms. The summed E-state index contributed by atoms with van der Waals surface area (Å²) in [6.45, 7) is 0. The number of para-hydroxylation sites is 2. The van der Waals surface area contributed by atoms with Gasteiger partial charge in [-0.05, 0) is 60.2 Å². The molecule has 4 aromatic carbocycles. The summed E-state index contributed by atoms with van der Waals surface area (Å²) in [5.41, 5.74) is 7.29. The maximum atomic E-state index is 11.9. The van der Waals surface area contributed by atoms with Crippen molar-refractivity contribution in [3.05, 3.63) is 126 Å². The fourth-order valence-electron chi connectivity index (χ4n) is 5.92. The molecular formula is C32H19N5O2. The maximum Gasteiger partial charge on any atom is 0.277 e. The zero-order valence-electron chi connectivity index (χ0n) is 20.5. The number of nitro groups is 1. The second kappa shape index (κ2) is 7.97. The fraction of sp³-hybridized carbons (Fsp3) is 0. The normalized spacial score (nSPS) is 11.8. The Morgan fingerprint density at radius 3 is 2.41 bits per heavy atom. The number of hydrogen-bond donors (Lipinski definition) is 0. The van der Waals surface area contributed by atoms with Crippen LogP contribution in [0.5, 0.6) is 0 Å². The van der Waals surface area contributed by atoms with Crippen LogP contribution in [-0.2, 0) is 0 Å². The lowest BCUT2D eigenvalue weighted by Gasteiger charge is -2.10. The van der Waals surface area contributed by atoms with Crippen molar-refractivity contribution in [1.82, 2.24) is 18.9 Å². The molecule has 8 aromatic rings. The summed E-state index contributed by atoms with van der Waals surface area (Å²) in [6.07, 6.45) is 5.61. The van der Waals surface area contributed by atoms with E-state index in [2.05, 4.69) is 50.3 Å². The van der Waals surface area contributed by atoms with Crippen molar-refractivity contribution in [3.63, 3.8) is 0 Å². The van der Waals surface area contributed by atoms with Crippen LogP contribution in [0.3, 0.4) is 0 Å². The number of imidazole rings is 1. The van der Waals surface area contributed by atoms with Crippen LogP contribution in [-0.4, -0.2) is 23.9 Å². The van der Waals surface area contributed by atoms with Crippen LogP contribution in [0.4, 0.5) is 5.69 Å². The van der Waals surface area contributed by atoms with Gasteiger partial charge in [-0.2, -0.15) is 0 Å². The zero-order chi connectivity index (χ0) is 26.1. The molecule has 0 saturated heterocycles. The Morgan fingerprint density at radius 2 is 1.54 bits per heavy atom. The molecule has 0 atom stereocenters. The molecule has 0 aliphatic rings. The number of nitrogens with zero attached hydrogens (tertiary/aromatic N) is 5. The quantitative estimate of drug-likeness (QED) is 0.140. The third-order valence-electron chi connectivity index (χ3n) is 7.52. The highest BCUT2D eigenvalue weighted by atomic mass is 16.6. The summed E-state index contributed by atoms with van der Waals surface area (Å²) in [5.74, 6) is 0. The first-order chi connectivity index (χ1) is 19.2. The minimum atomic E-state index is -0.324. The Kier molecular flexibility index (Phi) is 4.40. The Labute approximate surface area is 221 Å². The number of fused-ring (bicyclic) bond motifs is 10. The summed E-state index contributed by atoms with van der Waals surface area (Å²) < 4.78 is 4.38. The summed E-state index contributed by atoms with van der Waals surface area (Å²) in [4.78, 5) is 21.0. The molecule has 4 heterocycles. The van der Waals surface area contributed by atoms with E-state index < -0.39 is 0 Å². The number of nitro benzene ring substituents is 1. The van der Waals surface area contributed by atoms with Gasteiger partial charge in [-0.3, -0.25) is 19.5 Å². The van der Waals surface area contributed by atoms with Crippen LogP contribution in [0.1, 0.15) is 0 Å². The topological polar surface area (TPSA) is 78.3 Å². The van der Waals surface area contributed by atoms with Crippen LogP contribution in [0.2, 0.25) is 0 Å². The van der Waals surface area contributed by atoms with Crippen LogP contribution in [0, 0.1) is 10.1 Å². The van der Waals surface area contributed by atoms with Gasteiger partial charge in [0.15, 0.2) is 0 Å². The molecule has 0 aliphatic heterocycles. The van der Waals surface area contributed by atoms with E-state index >= 15 is 0 Å². The highest BCUT2D eigenvalue weighted by Gasteiger charge is 2.21. The molecule has 0 radical (unpaired) electrons. The third-order valence-corrected chi connectivity index (χ3v) is 7.52. The van der Waals surface area contributed by atoms with E-state index in [1.165, 1.54) is 0 Å². The van der Waals surface area contributed by atoms with E-state index in [1.54, 1.807) is 18.2 Å². The van der Waals surface area contributed by atoms with Gasteiger partial charge in [0.05, 0.1) is 32.6 Å². The third kappa shape index (κ3) is 2.98. The molecule has 0 spiro atoms. The Bertz CT molecular complexity index is 2260. The van der Waals surface area contributed by atoms with Crippen molar-refractivity contribution in [2.24, 2.45) is 0 Å². The first-order valence-corrected chi connectivity index (χ1v) is 12.6. The van der Waals surface area contributed by atoms with Crippen LogP contribution >= 0.6 is 0 Å². The van der Waals surface area contributed by atoms with E-state index in [1.807, 2.05) is 61.1 Å². The molecule has 4 aromatic heterocycles. The summed E-state index contributed by atoms with van der Waals surface area (Å²) in [5, 5.41) is 15.9. The number of benzene rings is 4. The van der Waals surface area contributed by atoms with Crippen molar-refractivity contribution in [2.75, 3.05) is 0 Å². The molecule has 184 valence electrons. The van der Waals surface area contributed by atoms with Crippen molar-refractivity contribution in [3.8, 4) is 16.8 Å². The Balaban J connectivity index is 1.60. The van der Waals surface area contributed by atoms with Gasteiger partial charge >= 0.3 is 0 Å². The second-order valence-corrected chi connectivity index (χ2v) is 9.55. The van der Waals surface area contributed by atoms with E-state index in [9.17, 15) is 10.1 Å². The average Bonchev–Trinajstić information content (AvgIpc) is 3.61. The molecule has 0 amide bonds. The standard InChI is InChI=1S/C32H19N5O2/c38-37(39)27-11-5-4-9-22(27)20-12-14-26-25(19-20)29-28(36(26)21-7-2-1-3-8-21)15-13-23-30-24(10-6-16-33-30)32-34-17-18-35(32)31(23)29/h1-19H. The number of rotatable bonds is 3. The molecule has 7 nitrogen and oxygen atoms in total. The lowest BCUT2D eigenvalue weighted by atomic mass is 10.00. The van der Waals surface area contributed by atoms with Gasteiger partial charge < -0.3 is 4.57 Å². The van der Waals surface area contributed by atoms with E-state index in [0.29, 0.717) is 5.56 Å². The van der Waals surface area contributed by atoms with Gasteiger partial charge in [-0.25, -0.2) is 4.98 Å². The van der Waals surface area contributed by atoms with Crippen molar-refractivity contribution < 1.29 is 4.92 Å². The number of aromatic nitrogens is 4. The SMILES string of the molecule is O=[N+]([O-])c1ccccc1-c1ccc2c(c1)c1c(ccc3c4ncccc4c4nccn4c31)n2-c1ccccc1. The predicted octanol–water partition coefficient (Wildman–Crippen LogP) is 7.71. The minimum absolute atomic E-state index is 0.0840. The van der Waals surface area contributed by atoms with E-state index in [4.69, 9.17) is 4.98 Å². The average molecular weight is 506 g/mol. The number of pyridine rings is 2. The molecule has 0 saturated carbocycles. The molecule has 0 fully saturated rings. The summed E-state index contributed by atoms with van der Waals surface area (Å²) in [6, 6.07) is 31.5. The van der Waals surface area contributed by atoms with Crippen LogP contribution < -0.4 is 0 Å². The molecule has 0 N–H and O–H groups in total. The molecule has 0 aliphatic carbocycles. The summed E-state index contributed by atoms with van der Waals surface area (Å²) >= 11 is 0. The van der Waals surface area contributed by atoms with Crippen LogP contribution in [0.25, 0.3) is 66.1 Å². The highest BCUT2D eigenvalue weighted by Crippen LogP contribution is 2.41. The second-order valence-electron chi connectivity index (χ2n) is 9.55. The van der Waals surface area contributed by atoms with E-state index in [0.717, 1.165) is 60.5 Å².